The largest absolute Gasteiger partial charge is 0.378 e. The number of ether oxygens (including phenoxy) is 1. The number of hydrogen-bond donors (Lipinski definition) is 0. The molecule has 2 fully saturated rings. The maximum atomic E-state index is 13.4. The van der Waals surface area contributed by atoms with Crippen molar-refractivity contribution in [1.82, 2.24) is 4.31 Å². The monoisotopic (exact) mass is 474 g/mol. The topological polar surface area (TPSA) is 96.2 Å². The van der Waals surface area contributed by atoms with Crippen molar-refractivity contribution in [3.05, 3.63) is 57.1 Å². The zero-order chi connectivity index (χ0) is 23.8. The van der Waals surface area contributed by atoms with Gasteiger partial charge in [0.1, 0.15) is 5.69 Å². The van der Waals surface area contributed by atoms with Gasteiger partial charge < -0.3 is 14.5 Å². The molecule has 2 aliphatic heterocycles. The summed E-state index contributed by atoms with van der Waals surface area (Å²) in [5.41, 5.74) is 4.10. The van der Waals surface area contributed by atoms with E-state index >= 15 is 0 Å². The minimum Gasteiger partial charge on any atom is -0.378 e. The van der Waals surface area contributed by atoms with Gasteiger partial charge in [0.25, 0.3) is 5.69 Å². The van der Waals surface area contributed by atoms with E-state index in [0.29, 0.717) is 63.1 Å². The average Bonchev–Trinajstić information content (AvgIpc) is 2.78. The Morgan fingerprint density at radius 2 is 1.48 bits per heavy atom. The predicted octanol–water partition coefficient (Wildman–Crippen LogP) is 2.87. The molecule has 0 unspecified atom stereocenters. The van der Waals surface area contributed by atoms with E-state index in [1.54, 1.807) is 16.4 Å². The molecule has 0 amide bonds. The Labute approximate surface area is 194 Å². The molecule has 2 saturated heterocycles. The molecule has 0 radical (unpaired) electrons. The predicted molar refractivity (Wildman–Crippen MR) is 128 cm³/mol. The Balaban J connectivity index is 1.54. The van der Waals surface area contributed by atoms with E-state index in [9.17, 15) is 18.5 Å². The van der Waals surface area contributed by atoms with Gasteiger partial charge in [-0.2, -0.15) is 4.31 Å². The third-order valence-electron chi connectivity index (χ3n) is 6.31. The summed E-state index contributed by atoms with van der Waals surface area (Å²) in [7, 11) is -3.59. The fraction of sp³-hybridized carbons (Fsp3) is 0.478. The van der Waals surface area contributed by atoms with E-state index in [-0.39, 0.29) is 10.6 Å². The van der Waals surface area contributed by atoms with Crippen LogP contribution in [0.5, 0.6) is 0 Å². The number of morpholine rings is 1. The number of piperazine rings is 1. The number of nitrogens with zero attached hydrogens (tertiary/aromatic N) is 4. The molecule has 0 atom stereocenters. The molecule has 0 aromatic heterocycles. The van der Waals surface area contributed by atoms with Crippen molar-refractivity contribution in [1.29, 1.82) is 0 Å². The van der Waals surface area contributed by atoms with E-state index in [1.165, 1.54) is 0 Å². The second-order valence-corrected chi connectivity index (χ2v) is 10.5. The average molecular weight is 475 g/mol. The van der Waals surface area contributed by atoms with Crippen LogP contribution < -0.4 is 9.80 Å². The number of aryl methyl sites for hydroxylation is 3. The van der Waals surface area contributed by atoms with Crippen LogP contribution in [0.1, 0.15) is 16.7 Å². The lowest BCUT2D eigenvalue weighted by Gasteiger charge is -2.36. The minimum absolute atomic E-state index is 0.0761. The summed E-state index contributed by atoms with van der Waals surface area (Å²) >= 11 is 0. The van der Waals surface area contributed by atoms with Gasteiger partial charge in [-0.05, 0) is 44.0 Å². The van der Waals surface area contributed by atoms with E-state index in [4.69, 9.17) is 4.74 Å². The number of nitro benzene ring substituents is 1. The summed E-state index contributed by atoms with van der Waals surface area (Å²) < 4.78 is 33.7. The highest BCUT2D eigenvalue weighted by atomic mass is 32.2. The molecule has 0 bridgehead atoms. The fourth-order valence-corrected chi connectivity index (χ4v) is 6.64. The van der Waals surface area contributed by atoms with Crippen LogP contribution in [0.2, 0.25) is 0 Å². The third-order valence-corrected chi connectivity index (χ3v) is 8.52. The quantitative estimate of drug-likeness (QED) is 0.486. The highest BCUT2D eigenvalue weighted by Crippen LogP contribution is 2.34. The van der Waals surface area contributed by atoms with Crippen molar-refractivity contribution < 1.29 is 18.1 Å². The lowest BCUT2D eigenvalue weighted by Crippen LogP contribution is -2.49. The number of hydrogen-bond acceptors (Lipinski definition) is 7. The van der Waals surface area contributed by atoms with Crippen molar-refractivity contribution >= 4 is 27.1 Å². The first-order valence-corrected chi connectivity index (χ1v) is 12.6. The van der Waals surface area contributed by atoms with E-state index in [0.717, 1.165) is 22.4 Å². The maximum Gasteiger partial charge on any atom is 0.292 e. The van der Waals surface area contributed by atoms with Gasteiger partial charge in [0.15, 0.2) is 0 Å². The van der Waals surface area contributed by atoms with Gasteiger partial charge in [0.05, 0.1) is 23.0 Å². The normalized spacial score (nSPS) is 17.9. The van der Waals surface area contributed by atoms with Crippen molar-refractivity contribution in [3.63, 3.8) is 0 Å². The zero-order valence-electron chi connectivity index (χ0n) is 19.3. The molecular formula is C23H30N4O5S. The lowest BCUT2D eigenvalue weighted by molar-refractivity contribution is -0.384. The molecule has 2 aliphatic rings. The standard InChI is InChI=1S/C23H30N4O5S/c1-17-14-18(2)23(19(3)15-17)33(30,31)26-8-6-24(7-9-26)20-4-5-21(27(28)29)22(16-20)25-10-12-32-13-11-25/h4-5,14-16H,6-13H2,1-3H3. The molecule has 0 saturated carbocycles. The van der Waals surface area contributed by atoms with Crippen LogP contribution in [0.4, 0.5) is 17.1 Å². The first-order chi connectivity index (χ1) is 15.7. The molecule has 4 rings (SSSR count). The van der Waals surface area contributed by atoms with Crippen molar-refractivity contribution in [2.45, 2.75) is 25.7 Å². The number of sulfonamides is 1. The Morgan fingerprint density at radius 1 is 0.879 bits per heavy atom. The first-order valence-electron chi connectivity index (χ1n) is 11.1. The Kier molecular flexibility index (Phi) is 6.60. The second kappa shape index (κ2) is 9.28. The Bertz CT molecular complexity index is 1130. The molecule has 33 heavy (non-hydrogen) atoms. The molecule has 0 aliphatic carbocycles. The zero-order valence-corrected chi connectivity index (χ0v) is 20.1. The number of rotatable bonds is 5. The third kappa shape index (κ3) is 4.68. The smallest absolute Gasteiger partial charge is 0.292 e. The van der Waals surface area contributed by atoms with Gasteiger partial charge in [-0.1, -0.05) is 17.7 Å². The molecule has 10 heteroatoms. The summed E-state index contributed by atoms with van der Waals surface area (Å²) in [5.74, 6) is 0. The fourth-order valence-electron chi connectivity index (χ4n) is 4.81. The van der Waals surface area contributed by atoms with Gasteiger partial charge in [0, 0.05) is 51.0 Å². The second-order valence-electron chi connectivity index (χ2n) is 8.65. The minimum atomic E-state index is -3.59. The summed E-state index contributed by atoms with van der Waals surface area (Å²) in [6.45, 7) is 9.68. The SMILES string of the molecule is Cc1cc(C)c(S(=O)(=O)N2CCN(c3ccc([N+](=O)[O-])c(N4CCOCC4)c3)CC2)c(C)c1. The van der Waals surface area contributed by atoms with Crippen LogP contribution in [0.25, 0.3) is 0 Å². The first kappa shape index (κ1) is 23.5. The number of nitro groups is 1. The van der Waals surface area contributed by atoms with Crippen LogP contribution in [0.3, 0.4) is 0 Å². The van der Waals surface area contributed by atoms with E-state index in [2.05, 4.69) is 4.90 Å². The number of benzene rings is 2. The van der Waals surface area contributed by atoms with Gasteiger partial charge >= 0.3 is 0 Å². The van der Waals surface area contributed by atoms with Gasteiger partial charge in [0.2, 0.25) is 10.0 Å². The lowest BCUT2D eigenvalue weighted by atomic mass is 10.1. The van der Waals surface area contributed by atoms with Gasteiger partial charge in [-0.25, -0.2) is 8.42 Å². The Hall–Kier alpha value is -2.69. The van der Waals surface area contributed by atoms with Crippen LogP contribution in [-0.4, -0.2) is 70.1 Å². The summed E-state index contributed by atoms with van der Waals surface area (Å²) in [6.07, 6.45) is 0. The Morgan fingerprint density at radius 3 is 2.06 bits per heavy atom. The van der Waals surface area contributed by atoms with Crippen LogP contribution in [0.15, 0.2) is 35.2 Å². The molecule has 2 aromatic carbocycles. The molecular weight excluding hydrogens is 444 g/mol. The van der Waals surface area contributed by atoms with Crippen LogP contribution >= 0.6 is 0 Å². The van der Waals surface area contributed by atoms with Crippen molar-refractivity contribution in [2.75, 3.05) is 62.3 Å². The van der Waals surface area contributed by atoms with E-state index < -0.39 is 10.0 Å². The summed E-state index contributed by atoms with van der Waals surface area (Å²) in [6, 6.07) is 8.95. The van der Waals surface area contributed by atoms with Crippen LogP contribution in [0, 0.1) is 30.9 Å². The van der Waals surface area contributed by atoms with E-state index in [1.807, 2.05) is 43.9 Å². The summed E-state index contributed by atoms with van der Waals surface area (Å²) in [4.78, 5) is 15.7. The van der Waals surface area contributed by atoms with Gasteiger partial charge in [-0.3, -0.25) is 10.1 Å². The molecule has 9 nitrogen and oxygen atoms in total. The molecule has 2 aromatic rings. The number of anilines is 2. The maximum absolute atomic E-state index is 13.4. The summed E-state index contributed by atoms with van der Waals surface area (Å²) in [5, 5.41) is 11.6. The van der Waals surface area contributed by atoms with Crippen molar-refractivity contribution in [3.8, 4) is 0 Å². The molecule has 0 N–H and O–H groups in total. The van der Waals surface area contributed by atoms with Gasteiger partial charge in [-0.15, -0.1) is 0 Å². The molecule has 178 valence electrons. The highest BCUT2D eigenvalue weighted by Gasteiger charge is 2.32. The van der Waals surface area contributed by atoms with Crippen molar-refractivity contribution in [2.24, 2.45) is 0 Å². The molecule has 2 heterocycles. The van der Waals surface area contributed by atoms with Crippen LogP contribution in [-0.2, 0) is 14.8 Å². The highest BCUT2D eigenvalue weighted by molar-refractivity contribution is 7.89. The molecule has 0 spiro atoms.